The number of amides is 3. The van der Waals surface area contributed by atoms with Crippen molar-refractivity contribution in [3.63, 3.8) is 0 Å². The molecular weight excluding hydrogens is 328 g/mol. The van der Waals surface area contributed by atoms with Gasteiger partial charge >= 0.3 is 6.03 Å². The SMILES string of the molecule is Cc1ccccc1C1(C)NC(=O)N(CCOc2c(C)cccc2C)C1=O. The molecule has 0 saturated carbocycles. The van der Waals surface area contributed by atoms with E-state index in [9.17, 15) is 9.59 Å². The lowest BCUT2D eigenvalue weighted by atomic mass is 9.88. The van der Waals surface area contributed by atoms with Gasteiger partial charge in [0.25, 0.3) is 5.91 Å². The molecule has 0 radical (unpaired) electrons. The Morgan fingerprint density at radius 1 is 0.962 bits per heavy atom. The van der Waals surface area contributed by atoms with E-state index >= 15 is 0 Å². The third-order valence-corrected chi connectivity index (χ3v) is 4.93. The van der Waals surface area contributed by atoms with E-state index in [2.05, 4.69) is 5.32 Å². The quantitative estimate of drug-likeness (QED) is 0.839. The highest BCUT2D eigenvalue weighted by atomic mass is 16.5. The number of hydrogen-bond acceptors (Lipinski definition) is 3. The van der Waals surface area contributed by atoms with Gasteiger partial charge in [0.2, 0.25) is 0 Å². The molecule has 1 aliphatic rings. The van der Waals surface area contributed by atoms with Crippen molar-refractivity contribution in [2.75, 3.05) is 13.2 Å². The number of nitrogens with one attached hydrogen (secondary N) is 1. The van der Waals surface area contributed by atoms with Crippen LogP contribution in [0.1, 0.15) is 29.2 Å². The third-order valence-electron chi connectivity index (χ3n) is 4.93. The predicted molar refractivity (Wildman–Crippen MR) is 100 cm³/mol. The van der Waals surface area contributed by atoms with Crippen LogP contribution in [-0.4, -0.2) is 30.0 Å². The number of para-hydroxylation sites is 1. The van der Waals surface area contributed by atoms with E-state index in [4.69, 9.17) is 4.74 Å². The summed E-state index contributed by atoms with van der Waals surface area (Å²) in [5.74, 6) is 0.558. The summed E-state index contributed by atoms with van der Waals surface area (Å²) < 4.78 is 5.85. The number of imide groups is 1. The van der Waals surface area contributed by atoms with Crippen LogP contribution in [-0.2, 0) is 10.3 Å². The number of nitrogens with zero attached hydrogens (tertiary/aromatic N) is 1. The van der Waals surface area contributed by atoms with Gasteiger partial charge < -0.3 is 10.1 Å². The normalized spacial score (nSPS) is 19.6. The number of carbonyl (C=O) groups is 2. The molecule has 136 valence electrons. The van der Waals surface area contributed by atoms with Gasteiger partial charge in [-0.05, 0) is 49.9 Å². The lowest BCUT2D eigenvalue weighted by Crippen LogP contribution is -2.41. The Labute approximate surface area is 154 Å². The second-order valence-corrected chi connectivity index (χ2v) is 6.90. The molecule has 0 aromatic heterocycles. The summed E-state index contributed by atoms with van der Waals surface area (Å²) in [6.07, 6.45) is 0. The van der Waals surface area contributed by atoms with Crippen molar-refractivity contribution in [3.05, 3.63) is 64.7 Å². The largest absolute Gasteiger partial charge is 0.491 e. The average molecular weight is 352 g/mol. The van der Waals surface area contributed by atoms with Crippen molar-refractivity contribution in [2.24, 2.45) is 0 Å². The molecule has 1 heterocycles. The van der Waals surface area contributed by atoms with Gasteiger partial charge in [0.1, 0.15) is 17.9 Å². The van der Waals surface area contributed by atoms with Crippen LogP contribution in [0, 0.1) is 20.8 Å². The minimum Gasteiger partial charge on any atom is -0.491 e. The summed E-state index contributed by atoms with van der Waals surface area (Å²) in [5, 5.41) is 2.84. The zero-order valence-corrected chi connectivity index (χ0v) is 15.6. The number of hydrogen-bond donors (Lipinski definition) is 1. The van der Waals surface area contributed by atoms with Crippen LogP contribution in [0.2, 0.25) is 0 Å². The molecule has 1 saturated heterocycles. The van der Waals surface area contributed by atoms with Crippen LogP contribution in [0.4, 0.5) is 4.79 Å². The van der Waals surface area contributed by atoms with Gasteiger partial charge in [-0.25, -0.2) is 4.79 Å². The maximum absolute atomic E-state index is 13.0. The highest BCUT2D eigenvalue weighted by Crippen LogP contribution is 2.31. The molecule has 1 aliphatic heterocycles. The molecule has 1 fully saturated rings. The lowest BCUT2D eigenvalue weighted by molar-refractivity contribution is -0.131. The topological polar surface area (TPSA) is 58.6 Å². The first kappa shape index (κ1) is 18.0. The van der Waals surface area contributed by atoms with Crippen LogP contribution in [0.5, 0.6) is 5.75 Å². The molecule has 3 amide bonds. The first-order chi connectivity index (χ1) is 12.3. The Balaban J connectivity index is 1.73. The number of rotatable bonds is 5. The summed E-state index contributed by atoms with van der Waals surface area (Å²) in [6, 6.07) is 13.2. The second-order valence-electron chi connectivity index (χ2n) is 6.90. The van der Waals surface area contributed by atoms with E-state index in [1.54, 1.807) is 6.92 Å². The number of benzene rings is 2. The van der Waals surface area contributed by atoms with Crippen LogP contribution < -0.4 is 10.1 Å². The van der Waals surface area contributed by atoms with Gasteiger partial charge in [0.05, 0.1) is 6.54 Å². The van der Waals surface area contributed by atoms with E-state index in [1.165, 1.54) is 4.90 Å². The molecule has 1 N–H and O–H groups in total. The van der Waals surface area contributed by atoms with Crippen LogP contribution in [0.3, 0.4) is 0 Å². The summed E-state index contributed by atoms with van der Waals surface area (Å²) >= 11 is 0. The number of aryl methyl sites for hydroxylation is 3. The van der Waals surface area contributed by atoms with Gasteiger partial charge in [-0.15, -0.1) is 0 Å². The molecule has 1 unspecified atom stereocenters. The zero-order chi connectivity index (χ0) is 18.9. The lowest BCUT2D eigenvalue weighted by Gasteiger charge is -2.24. The molecule has 5 nitrogen and oxygen atoms in total. The van der Waals surface area contributed by atoms with Gasteiger partial charge in [-0.2, -0.15) is 0 Å². The molecule has 0 bridgehead atoms. The maximum atomic E-state index is 13.0. The van der Waals surface area contributed by atoms with Crippen LogP contribution in [0.25, 0.3) is 0 Å². The zero-order valence-electron chi connectivity index (χ0n) is 15.6. The van der Waals surface area contributed by atoms with E-state index in [0.717, 1.165) is 28.0 Å². The number of urea groups is 1. The summed E-state index contributed by atoms with van der Waals surface area (Å²) in [4.78, 5) is 26.6. The molecular formula is C21H24N2O3. The summed E-state index contributed by atoms with van der Waals surface area (Å²) in [7, 11) is 0. The monoisotopic (exact) mass is 352 g/mol. The first-order valence-corrected chi connectivity index (χ1v) is 8.74. The van der Waals surface area contributed by atoms with Crippen molar-refractivity contribution < 1.29 is 14.3 Å². The second kappa shape index (κ2) is 6.83. The Bertz CT molecular complexity index is 842. The van der Waals surface area contributed by atoms with Gasteiger partial charge in [-0.1, -0.05) is 42.5 Å². The first-order valence-electron chi connectivity index (χ1n) is 8.74. The van der Waals surface area contributed by atoms with Crippen molar-refractivity contribution in [3.8, 4) is 5.75 Å². The molecule has 0 aliphatic carbocycles. The third kappa shape index (κ3) is 3.05. The fourth-order valence-electron chi connectivity index (χ4n) is 3.48. The van der Waals surface area contributed by atoms with E-state index in [-0.39, 0.29) is 25.1 Å². The van der Waals surface area contributed by atoms with Crippen LogP contribution >= 0.6 is 0 Å². The summed E-state index contributed by atoms with van der Waals surface area (Å²) in [6.45, 7) is 8.11. The van der Waals surface area contributed by atoms with E-state index in [0.29, 0.717) is 0 Å². The predicted octanol–water partition coefficient (Wildman–Crippen LogP) is 3.46. The standard InChI is InChI=1S/C21H24N2O3/c1-14-8-5-6-11-17(14)21(4)19(24)23(20(25)22-21)12-13-26-18-15(2)9-7-10-16(18)3/h5-11H,12-13H2,1-4H3,(H,22,25). The molecule has 26 heavy (non-hydrogen) atoms. The molecule has 5 heteroatoms. The summed E-state index contributed by atoms with van der Waals surface area (Å²) in [5.41, 5.74) is 2.81. The van der Waals surface area contributed by atoms with Crippen LogP contribution in [0.15, 0.2) is 42.5 Å². The Hall–Kier alpha value is -2.82. The minimum absolute atomic E-state index is 0.208. The van der Waals surface area contributed by atoms with Gasteiger partial charge in [-0.3, -0.25) is 9.69 Å². The fraction of sp³-hybridized carbons (Fsp3) is 0.333. The average Bonchev–Trinajstić information content (AvgIpc) is 2.81. The number of carbonyl (C=O) groups excluding carboxylic acids is 2. The highest BCUT2D eigenvalue weighted by molar-refractivity contribution is 6.07. The number of ether oxygens (including phenoxy) is 1. The Morgan fingerprint density at radius 3 is 2.23 bits per heavy atom. The smallest absolute Gasteiger partial charge is 0.325 e. The van der Waals surface area contributed by atoms with Crippen molar-refractivity contribution in [2.45, 2.75) is 33.2 Å². The fourth-order valence-corrected chi connectivity index (χ4v) is 3.48. The maximum Gasteiger partial charge on any atom is 0.325 e. The molecule has 3 rings (SSSR count). The molecule has 1 atom stereocenters. The van der Waals surface area contributed by atoms with Crippen molar-refractivity contribution in [1.82, 2.24) is 10.2 Å². The molecule has 2 aromatic carbocycles. The highest BCUT2D eigenvalue weighted by Gasteiger charge is 2.49. The molecule has 0 spiro atoms. The van der Waals surface area contributed by atoms with E-state index in [1.807, 2.05) is 63.2 Å². The minimum atomic E-state index is -1.04. The van der Waals surface area contributed by atoms with E-state index < -0.39 is 5.54 Å². The van der Waals surface area contributed by atoms with Gasteiger partial charge in [0.15, 0.2) is 0 Å². The van der Waals surface area contributed by atoms with Gasteiger partial charge in [0, 0.05) is 0 Å². The Kier molecular flexibility index (Phi) is 4.72. The molecule has 2 aromatic rings. The Morgan fingerprint density at radius 2 is 1.58 bits per heavy atom. The van der Waals surface area contributed by atoms with Crippen molar-refractivity contribution >= 4 is 11.9 Å². The van der Waals surface area contributed by atoms with Crippen molar-refractivity contribution in [1.29, 1.82) is 0 Å².